The minimum absolute atomic E-state index is 0.0805. The van der Waals surface area contributed by atoms with Crippen LogP contribution in [-0.4, -0.2) is 43.0 Å². The predicted molar refractivity (Wildman–Crippen MR) is 111 cm³/mol. The number of hydrogen-bond donors (Lipinski definition) is 0. The first-order valence-corrected chi connectivity index (χ1v) is 11.5. The fourth-order valence-corrected chi connectivity index (χ4v) is 5.42. The van der Waals surface area contributed by atoms with Crippen LogP contribution in [0.3, 0.4) is 0 Å². The molecule has 6 nitrogen and oxygen atoms in total. The molecule has 1 fully saturated rings. The number of rotatable bonds is 7. The Bertz CT molecular complexity index is 1090. The van der Waals surface area contributed by atoms with Gasteiger partial charge in [-0.3, -0.25) is 4.90 Å². The average Bonchev–Trinajstić information content (AvgIpc) is 3.35. The smallest absolute Gasteiger partial charge is 0.226 e. The number of nitrogens with zero attached hydrogens (tertiary/aromatic N) is 2. The Morgan fingerprint density at radius 1 is 1.13 bits per heavy atom. The maximum atomic E-state index is 13.2. The molecule has 3 aromatic rings. The molecule has 0 amide bonds. The van der Waals surface area contributed by atoms with Crippen molar-refractivity contribution >= 4 is 9.84 Å². The Morgan fingerprint density at radius 3 is 2.50 bits per heavy atom. The molecule has 0 radical (unpaired) electrons. The third-order valence-corrected chi connectivity index (χ3v) is 7.03. The van der Waals surface area contributed by atoms with Crippen molar-refractivity contribution < 1.29 is 22.0 Å². The molecule has 0 unspecified atom stereocenters. The number of aromatic nitrogens is 1. The zero-order valence-corrected chi connectivity index (χ0v) is 17.4. The molecule has 2 heterocycles. The van der Waals surface area contributed by atoms with Gasteiger partial charge in [-0.05, 0) is 48.4 Å². The third kappa shape index (κ3) is 4.88. The van der Waals surface area contributed by atoms with Gasteiger partial charge in [0.15, 0.2) is 9.84 Å². The number of sulfone groups is 1. The van der Waals surface area contributed by atoms with Crippen LogP contribution in [0.4, 0.5) is 4.39 Å². The summed E-state index contributed by atoms with van der Waals surface area (Å²) in [5.74, 6) is 1.21. The summed E-state index contributed by atoms with van der Waals surface area (Å²) in [4.78, 5) is 6.65. The standard InChI is InChI=1S/C22H23FN2O4S/c1-28-21-8-2-16(3-9-21)12-25(20-10-11-30(26,27)15-20)13-19-14-29-22(24-19)17-4-6-18(23)7-5-17/h2-9,14,20H,10-13,15H2,1H3/t20-/m1/s1. The van der Waals surface area contributed by atoms with Crippen molar-refractivity contribution in [3.63, 3.8) is 0 Å². The molecule has 0 bridgehead atoms. The summed E-state index contributed by atoms with van der Waals surface area (Å²) >= 11 is 0. The van der Waals surface area contributed by atoms with Crippen molar-refractivity contribution in [3.05, 3.63) is 71.9 Å². The molecule has 2 aromatic carbocycles. The van der Waals surface area contributed by atoms with E-state index in [1.54, 1.807) is 25.5 Å². The van der Waals surface area contributed by atoms with Gasteiger partial charge < -0.3 is 9.15 Å². The van der Waals surface area contributed by atoms with E-state index in [0.29, 0.717) is 36.7 Å². The topological polar surface area (TPSA) is 72.6 Å². The Hall–Kier alpha value is -2.71. The molecule has 1 saturated heterocycles. The van der Waals surface area contributed by atoms with Crippen LogP contribution < -0.4 is 4.74 Å². The van der Waals surface area contributed by atoms with Gasteiger partial charge in [-0.15, -0.1) is 0 Å². The number of benzene rings is 2. The maximum Gasteiger partial charge on any atom is 0.226 e. The van der Waals surface area contributed by atoms with E-state index in [-0.39, 0.29) is 23.4 Å². The van der Waals surface area contributed by atoms with Crippen LogP contribution in [-0.2, 0) is 22.9 Å². The van der Waals surface area contributed by atoms with Gasteiger partial charge in [-0.1, -0.05) is 12.1 Å². The van der Waals surface area contributed by atoms with E-state index in [9.17, 15) is 12.8 Å². The lowest BCUT2D eigenvalue weighted by molar-refractivity contribution is 0.192. The highest BCUT2D eigenvalue weighted by atomic mass is 32.2. The number of ether oxygens (including phenoxy) is 1. The highest BCUT2D eigenvalue weighted by molar-refractivity contribution is 7.91. The Labute approximate surface area is 175 Å². The molecule has 1 atom stereocenters. The molecule has 1 aromatic heterocycles. The fraction of sp³-hybridized carbons (Fsp3) is 0.318. The largest absolute Gasteiger partial charge is 0.497 e. The van der Waals surface area contributed by atoms with Gasteiger partial charge >= 0.3 is 0 Å². The van der Waals surface area contributed by atoms with Gasteiger partial charge in [0.05, 0.1) is 24.3 Å². The fourth-order valence-electron chi connectivity index (χ4n) is 3.66. The number of hydrogen-bond acceptors (Lipinski definition) is 6. The molecule has 4 rings (SSSR count). The monoisotopic (exact) mass is 430 g/mol. The number of methoxy groups -OCH3 is 1. The lowest BCUT2D eigenvalue weighted by atomic mass is 10.1. The second-order valence-electron chi connectivity index (χ2n) is 7.46. The Balaban J connectivity index is 1.54. The summed E-state index contributed by atoms with van der Waals surface area (Å²) in [5, 5.41) is 0. The van der Waals surface area contributed by atoms with Crippen LogP contribution >= 0.6 is 0 Å². The molecule has 0 spiro atoms. The first-order chi connectivity index (χ1) is 14.4. The van der Waals surface area contributed by atoms with Crippen LogP contribution in [0.5, 0.6) is 5.75 Å². The van der Waals surface area contributed by atoms with Crippen LogP contribution in [0.1, 0.15) is 17.7 Å². The van der Waals surface area contributed by atoms with Crippen LogP contribution in [0, 0.1) is 5.82 Å². The summed E-state index contributed by atoms with van der Waals surface area (Å²) in [6, 6.07) is 13.6. The van der Waals surface area contributed by atoms with E-state index in [1.165, 1.54) is 12.1 Å². The van der Waals surface area contributed by atoms with E-state index in [4.69, 9.17) is 9.15 Å². The highest BCUT2D eigenvalue weighted by Crippen LogP contribution is 2.25. The minimum atomic E-state index is -3.02. The Morgan fingerprint density at radius 2 is 1.87 bits per heavy atom. The lowest BCUT2D eigenvalue weighted by Crippen LogP contribution is -2.35. The molecule has 30 heavy (non-hydrogen) atoms. The molecule has 158 valence electrons. The van der Waals surface area contributed by atoms with Crippen molar-refractivity contribution in [1.82, 2.24) is 9.88 Å². The quantitative estimate of drug-likeness (QED) is 0.569. The van der Waals surface area contributed by atoms with Crippen molar-refractivity contribution in [2.45, 2.75) is 25.6 Å². The first-order valence-electron chi connectivity index (χ1n) is 9.69. The summed E-state index contributed by atoms with van der Waals surface area (Å²) in [7, 11) is -1.40. The van der Waals surface area contributed by atoms with Gasteiger partial charge in [0, 0.05) is 24.7 Å². The highest BCUT2D eigenvalue weighted by Gasteiger charge is 2.32. The average molecular weight is 431 g/mol. The van der Waals surface area contributed by atoms with Gasteiger partial charge in [-0.25, -0.2) is 17.8 Å². The molecule has 1 aliphatic heterocycles. The van der Waals surface area contributed by atoms with E-state index in [0.717, 1.165) is 11.3 Å². The van der Waals surface area contributed by atoms with Crippen LogP contribution in [0.15, 0.2) is 59.2 Å². The third-order valence-electron chi connectivity index (χ3n) is 5.28. The molecular weight excluding hydrogens is 407 g/mol. The summed E-state index contributed by atoms with van der Waals surface area (Å²) in [6.45, 7) is 1.04. The van der Waals surface area contributed by atoms with E-state index in [1.807, 2.05) is 24.3 Å². The molecule has 0 aliphatic carbocycles. The van der Waals surface area contributed by atoms with E-state index >= 15 is 0 Å². The van der Waals surface area contributed by atoms with Crippen molar-refractivity contribution in [2.75, 3.05) is 18.6 Å². The van der Waals surface area contributed by atoms with Crippen LogP contribution in [0.25, 0.3) is 11.5 Å². The van der Waals surface area contributed by atoms with E-state index in [2.05, 4.69) is 9.88 Å². The zero-order valence-electron chi connectivity index (χ0n) is 16.6. The predicted octanol–water partition coefficient (Wildman–Crippen LogP) is 3.68. The van der Waals surface area contributed by atoms with Gasteiger partial charge in [0.25, 0.3) is 0 Å². The lowest BCUT2D eigenvalue weighted by Gasteiger charge is -2.27. The molecular formula is C22H23FN2O4S. The Kier molecular flexibility index (Phi) is 5.87. The molecule has 0 N–H and O–H groups in total. The van der Waals surface area contributed by atoms with Crippen LogP contribution in [0.2, 0.25) is 0 Å². The minimum Gasteiger partial charge on any atom is -0.497 e. The number of halogens is 1. The molecule has 8 heteroatoms. The SMILES string of the molecule is COc1ccc(CN(Cc2coc(-c3ccc(F)cc3)n2)[C@@H]2CCS(=O)(=O)C2)cc1. The summed E-state index contributed by atoms with van der Waals surface area (Å²) < 4.78 is 48.0. The second-order valence-corrected chi connectivity index (χ2v) is 9.69. The van der Waals surface area contributed by atoms with E-state index < -0.39 is 9.84 Å². The molecule has 1 aliphatic rings. The molecule has 0 saturated carbocycles. The summed E-state index contributed by atoms with van der Waals surface area (Å²) in [5.41, 5.74) is 2.45. The van der Waals surface area contributed by atoms with Crippen molar-refractivity contribution in [1.29, 1.82) is 0 Å². The maximum absolute atomic E-state index is 13.2. The van der Waals surface area contributed by atoms with Gasteiger partial charge in [0.1, 0.15) is 17.8 Å². The first kappa shape index (κ1) is 20.6. The van der Waals surface area contributed by atoms with Gasteiger partial charge in [0.2, 0.25) is 5.89 Å². The zero-order chi connectivity index (χ0) is 21.1. The summed E-state index contributed by atoms with van der Waals surface area (Å²) in [6.07, 6.45) is 2.17. The number of oxazole rings is 1. The van der Waals surface area contributed by atoms with Gasteiger partial charge in [-0.2, -0.15) is 0 Å². The normalized spacial score (nSPS) is 18.0. The second kappa shape index (κ2) is 8.57. The van der Waals surface area contributed by atoms with Crippen molar-refractivity contribution in [3.8, 4) is 17.2 Å². The van der Waals surface area contributed by atoms with Crippen molar-refractivity contribution in [2.24, 2.45) is 0 Å².